The fraction of sp³-hybridized carbons (Fsp3) is 0.588. The smallest absolute Gasteiger partial charge is 0.236 e. The summed E-state index contributed by atoms with van der Waals surface area (Å²) in [6.07, 6.45) is 0.0286. The normalized spacial score (nSPS) is 22.0. The van der Waals surface area contributed by atoms with Crippen molar-refractivity contribution in [1.29, 1.82) is 0 Å². The van der Waals surface area contributed by atoms with Crippen molar-refractivity contribution in [3.05, 3.63) is 23.8 Å². The highest BCUT2D eigenvalue weighted by atomic mass is 16.5. The van der Waals surface area contributed by atoms with Crippen LogP contribution in [0.15, 0.2) is 18.2 Å². The Morgan fingerprint density at radius 2 is 2.13 bits per heavy atom. The molecule has 0 spiro atoms. The van der Waals surface area contributed by atoms with E-state index in [0.717, 1.165) is 23.6 Å². The summed E-state index contributed by atoms with van der Waals surface area (Å²) in [5.41, 5.74) is 1.09. The Balaban J connectivity index is 1.69. The molecule has 1 atom stereocenters. The van der Waals surface area contributed by atoms with Gasteiger partial charge in [0.05, 0.1) is 26.9 Å². The van der Waals surface area contributed by atoms with Crippen LogP contribution in [0.25, 0.3) is 0 Å². The number of fused-ring (bicyclic) bond motifs is 1. The molecule has 3 rings (SSSR count). The largest absolute Gasteiger partial charge is 0.497 e. The minimum atomic E-state index is 0.0286. The second kappa shape index (κ2) is 7.19. The topological polar surface area (TPSA) is 51.2 Å². The van der Waals surface area contributed by atoms with Crippen LogP contribution in [-0.4, -0.2) is 68.3 Å². The van der Waals surface area contributed by atoms with Gasteiger partial charge in [0.1, 0.15) is 17.6 Å². The average molecular weight is 320 g/mol. The summed E-state index contributed by atoms with van der Waals surface area (Å²) in [5, 5.41) is 0. The van der Waals surface area contributed by atoms with Gasteiger partial charge in [-0.25, -0.2) is 0 Å². The Labute approximate surface area is 136 Å². The molecule has 1 fully saturated rings. The number of ether oxygens (including phenoxy) is 3. The maximum absolute atomic E-state index is 12.5. The van der Waals surface area contributed by atoms with Gasteiger partial charge in [-0.05, 0) is 13.0 Å². The molecule has 2 aliphatic rings. The van der Waals surface area contributed by atoms with Crippen LogP contribution >= 0.6 is 0 Å². The fourth-order valence-electron chi connectivity index (χ4n) is 3.05. The Morgan fingerprint density at radius 1 is 1.35 bits per heavy atom. The second-order valence-electron chi connectivity index (χ2n) is 6.06. The highest BCUT2D eigenvalue weighted by Gasteiger charge is 2.25. The molecule has 6 heteroatoms. The maximum Gasteiger partial charge on any atom is 0.236 e. The van der Waals surface area contributed by atoms with Gasteiger partial charge in [0.2, 0.25) is 5.91 Å². The van der Waals surface area contributed by atoms with Crippen molar-refractivity contribution in [3.8, 4) is 11.5 Å². The zero-order valence-corrected chi connectivity index (χ0v) is 13.8. The van der Waals surface area contributed by atoms with Crippen LogP contribution in [0.3, 0.4) is 0 Å². The van der Waals surface area contributed by atoms with Gasteiger partial charge in [0, 0.05) is 37.8 Å². The highest BCUT2D eigenvalue weighted by Crippen LogP contribution is 2.29. The van der Waals surface area contributed by atoms with Crippen LogP contribution < -0.4 is 9.47 Å². The van der Waals surface area contributed by atoms with E-state index in [1.54, 1.807) is 7.11 Å². The number of nitrogens with zero attached hydrogens (tertiary/aromatic N) is 2. The molecular weight excluding hydrogens is 296 g/mol. The molecular formula is C17H24N2O4. The molecule has 0 aliphatic carbocycles. The molecule has 126 valence electrons. The summed E-state index contributed by atoms with van der Waals surface area (Å²) >= 11 is 0. The van der Waals surface area contributed by atoms with Crippen molar-refractivity contribution >= 4 is 5.91 Å². The van der Waals surface area contributed by atoms with E-state index in [2.05, 4.69) is 4.90 Å². The van der Waals surface area contributed by atoms with E-state index in [0.29, 0.717) is 39.4 Å². The van der Waals surface area contributed by atoms with Crippen LogP contribution in [0.5, 0.6) is 11.5 Å². The number of carbonyl (C=O) groups excluding carboxylic acids is 1. The van der Waals surface area contributed by atoms with Crippen molar-refractivity contribution in [1.82, 2.24) is 9.80 Å². The molecule has 2 heterocycles. The van der Waals surface area contributed by atoms with Crippen LogP contribution in [0, 0.1) is 0 Å². The first-order valence-electron chi connectivity index (χ1n) is 8.07. The molecule has 1 aromatic rings. The zero-order chi connectivity index (χ0) is 16.2. The number of methoxy groups -OCH3 is 1. The van der Waals surface area contributed by atoms with E-state index in [1.165, 1.54) is 0 Å². The summed E-state index contributed by atoms with van der Waals surface area (Å²) in [7, 11) is 1.65. The number of amides is 1. The van der Waals surface area contributed by atoms with Gasteiger partial charge in [0.25, 0.3) is 0 Å². The zero-order valence-electron chi connectivity index (χ0n) is 13.8. The molecule has 1 aromatic carbocycles. The number of morpholine rings is 1. The molecule has 0 saturated carbocycles. The van der Waals surface area contributed by atoms with E-state index in [4.69, 9.17) is 14.2 Å². The summed E-state index contributed by atoms with van der Waals surface area (Å²) in [6.45, 7) is 6.52. The van der Waals surface area contributed by atoms with Gasteiger partial charge in [0.15, 0.2) is 0 Å². The van der Waals surface area contributed by atoms with E-state index in [9.17, 15) is 4.79 Å². The molecule has 23 heavy (non-hydrogen) atoms. The van der Waals surface area contributed by atoms with E-state index in [1.807, 2.05) is 30.0 Å². The summed E-state index contributed by atoms with van der Waals surface area (Å²) in [4.78, 5) is 16.5. The average Bonchev–Trinajstić information content (AvgIpc) is 2.72. The summed E-state index contributed by atoms with van der Waals surface area (Å²) < 4.78 is 16.6. The first-order chi connectivity index (χ1) is 11.2. The molecule has 1 unspecified atom stereocenters. The van der Waals surface area contributed by atoms with Crippen molar-refractivity contribution < 1.29 is 19.0 Å². The van der Waals surface area contributed by atoms with E-state index >= 15 is 0 Å². The van der Waals surface area contributed by atoms with Gasteiger partial charge >= 0.3 is 0 Å². The van der Waals surface area contributed by atoms with Gasteiger partial charge in [-0.1, -0.05) is 6.07 Å². The first-order valence-corrected chi connectivity index (χ1v) is 8.07. The summed E-state index contributed by atoms with van der Waals surface area (Å²) in [5.74, 6) is 1.80. The lowest BCUT2D eigenvalue weighted by atomic mass is 10.2. The third-order valence-electron chi connectivity index (χ3n) is 4.23. The van der Waals surface area contributed by atoms with Gasteiger partial charge < -0.3 is 19.1 Å². The van der Waals surface area contributed by atoms with Gasteiger partial charge in [-0.15, -0.1) is 0 Å². The quantitative estimate of drug-likeness (QED) is 0.836. The Morgan fingerprint density at radius 3 is 2.87 bits per heavy atom. The van der Waals surface area contributed by atoms with Crippen LogP contribution in [0.1, 0.15) is 12.5 Å². The number of carbonyl (C=O) groups is 1. The van der Waals surface area contributed by atoms with Gasteiger partial charge in [-0.3, -0.25) is 9.69 Å². The predicted molar refractivity (Wildman–Crippen MR) is 85.8 cm³/mol. The number of hydrogen-bond donors (Lipinski definition) is 0. The third kappa shape index (κ3) is 3.95. The predicted octanol–water partition coefficient (Wildman–Crippen LogP) is 1.14. The molecule has 0 radical (unpaired) electrons. The minimum absolute atomic E-state index is 0.0286. The van der Waals surface area contributed by atoms with Crippen molar-refractivity contribution in [2.45, 2.75) is 19.6 Å². The van der Waals surface area contributed by atoms with Gasteiger partial charge in [-0.2, -0.15) is 0 Å². The van der Waals surface area contributed by atoms with Crippen molar-refractivity contribution in [2.24, 2.45) is 0 Å². The Hall–Kier alpha value is -1.79. The van der Waals surface area contributed by atoms with E-state index in [-0.39, 0.29) is 12.0 Å². The lowest BCUT2D eigenvalue weighted by Gasteiger charge is -2.29. The van der Waals surface area contributed by atoms with E-state index < -0.39 is 0 Å². The standard InChI is InChI=1S/C17H24N2O4/c1-13-10-18(12-17(20)19-5-7-22-8-6-19)11-14-3-4-15(21-2)9-16(14)23-13/h3-4,9,13H,5-8,10-12H2,1-2H3. The fourth-order valence-corrected chi connectivity index (χ4v) is 3.05. The molecule has 0 N–H and O–H groups in total. The number of rotatable bonds is 3. The van der Waals surface area contributed by atoms with Crippen molar-refractivity contribution in [3.63, 3.8) is 0 Å². The lowest BCUT2D eigenvalue weighted by Crippen LogP contribution is -2.46. The number of hydrogen-bond acceptors (Lipinski definition) is 5. The maximum atomic E-state index is 12.5. The van der Waals surface area contributed by atoms with Crippen LogP contribution in [0.4, 0.5) is 0 Å². The van der Waals surface area contributed by atoms with Crippen molar-refractivity contribution in [2.75, 3.05) is 46.5 Å². The highest BCUT2D eigenvalue weighted by molar-refractivity contribution is 5.78. The minimum Gasteiger partial charge on any atom is -0.497 e. The molecule has 1 amide bonds. The number of benzene rings is 1. The molecule has 2 aliphatic heterocycles. The Kier molecular flexibility index (Phi) is 5.03. The monoisotopic (exact) mass is 320 g/mol. The van der Waals surface area contributed by atoms with Crippen LogP contribution in [-0.2, 0) is 16.1 Å². The third-order valence-corrected chi connectivity index (χ3v) is 4.23. The lowest BCUT2D eigenvalue weighted by molar-refractivity contribution is -0.136. The first kappa shape index (κ1) is 16.1. The summed E-state index contributed by atoms with van der Waals surface area (Å²) in [6, 6.07) is 5.86. The SMILES string of the molecule is COc1ccc2c(c1)OC(C)CN(CC(=O)N1CCOCC1)C2. The molecule has 6 nitrogen and oxygen atoms in total. The van der Waals surface area contributed by atoms with Crippen LogP contribution in [0.2, 0.25) is 0 Å². The molecule has 0 aromatic heterocycles. The second-order valence-corrected chi connectivity index (χ2v) is 6.06. The molecule has 0 bridgehead atoms. The Bertz CT molecular complexity index is 558. The molecule has 1 saturated heterocycles.